The fraction of sp³-hybridized carbons (Fsp3) is 0.214. The van der Waals surface area contributed by atoms with Gasteiger partial charge in [-0.2, -0.15) is 0 Å². The smallest absolute Gasteiger partial charge is 0.305 e. The summed E-state index contributed by atoms with van der Waals surface area (Å²) in [5, 5.41) is 14.0. The minimum atomic E-state index is -0.900. The Morgan fingerprint density at radius 3 is 2.85 bits per heavy atom. The van der Waals surface area contributed by atoms with E-state index in [0.717, 1.165) is 4.88 Å². The molecule has 0 aliphatic rings. The van der Waals surface area contributed by atoms with Gasteiger partial charge in [-0.25, -0.2) is 4.39 Å². The first-order valence-electron chi connectivity index (χ1n) is 5.99. The lowest BCUT2D eigenvalue weighted by molar-refractivity contribution is -0.137. The Hall–Kier alpha value is -1.43. The molecule has 20 heavy (non-hydrogen) atoms. The van der Waals surface area contributed by atoms with Crippen molar-refractivity contribution in [3.8, 4) is 0 Å². The maximum absolute atomic E-state index is 13.8. The van der Waals surface area contributed by atoms with Gasteiger partial charge in [-0.1, -0.05) is 29.8 Å². The van der Waals surface area contributed by atoms with Gasteiger partial charge >= 0.3 is 5.97 Å². The third-order valence-corrected chi connectivity index (χ3v) is 4.11. The van der Waals surface area contributed by atoms with E-state index in [-0.39, 0.29) is 24.0 Å². The van der Waals surface area contributed by atoms with Crippen LogP contribution in [0.1, 0.15) is 22.9 Å². The highest BCUT2D eigenvalue weighted by Crippen LogP contribution is 2.24. The molecule has 3 nitrogen and oxygen atoms in total. The van der Waals surface area contributed by atoms with E-state index < -0.39 is 11.8 Å². The van der Waals surface area contributed by atoms with Gasteiger partial charge in [-0.3, -0.25) is 4.79 Å². The Bertz CT molecular complexity index is 589. The first-order chi connectivity index (χ1) is 9.58. The summed E-state index contributed by atoms with van der Waals surface area (Å²) < 4.78 is 13.8. The highest BCUT2D eigenvalue weighted by molar-refractivity contribution is 7.10. The van der Waals surface area contributed by atoms with Crippen molar-refractivity contribution in [2.75, 3.05) is 0 Å². The molecule has 1 atom stereocenters. The molecule has 1 aromatic heterocycles. The quantitative estimate of drug-likeness (QED) is 0.851. The summed E-state index contributed by atoms with van der Waals surface area (Å²) in [7, 11) is 0. The molecule has 0 saturated carbocycles. The lowest BCUT2D eigenvalue weighted by Crippen LogP contribution is -2.23. The lowest BCUT2D eigenvalue weighted by atomic mass is 10.1. The number of benzene rings is 1. The second-order valence-electron chi connectivity index (χ2n) is 4.26. The van der Waals surface area contributed by atoms with Crippen LogP contribution in [0.4, 0.5) is 4.39 Å². The molecule has 1 unspecified atom stereocenters. The van der Waals surface area contributed by atoms with Crippen molar-refractivity contribution in [2.45, 2.75) is 19.0 Å². The number of hydrogen-bond acceptors (Lipinski definition) is 3. The molecule has 0 saturated heterocycles. The molecular formula is C14H13ClFNO2S. The van der Waals surface area contributed by atoms with E-state index in [1.165, 1.54) is 17.4 Å². The molecule has 2 N–H and O–H groups in total. The van der Waals surface area contributed by atoms with Crippen LogP contribution in [0.25, 0.3) is 0 Å². The van der Waals surface area contributed by atoms with Gasteiger partial charge in [0.15, 0.2) is 0 Å². The summed E-state index contributed by atoms with van der Waals surface area (Å²) in [6.07, 6.45) is -0.0529. The second kappa shape index (κ2) is 6.83. The lowest BCUT2D eigenvalue weighted by Gasteiger charge is -2.16. The molecule has 2 rings (SSSR count). The summed E-state index contributed by atoms with van der Waals surface area (Å²) in [5.41, 5.74) is 0.421. The van der Waals surface area contributed by atoms with Crippen LogP contribution in [0, 0.1) is 5.82 Å². The van der Waals surface area contributed by atoms with Gasteiger partial charge in [0.1, 0.15) is 5.82 Å². The normalized spacial score (nSPS) is 12.3. The van der Waals surface area contributed by atoms with E-state index in [4.69, 9.17) is 16.7 Å². The summed E-state index contributed by atoms with van der Waals surface area (Å²) in [6.45, 7) is 0.224. The SMILES string of the molecule is O=C(O)CC(NCc1cccc(Cl)c1F)c1cccs1. The third kappa shape index (κ3) is 3.79. The van der Waals surface area contributed by atoms with Crippen molar-refractivity contribution < 1.29 is 14.3 Å². The minimum Gasteiger partial charge on any atom is -0.481 e. The van der Waals surface area contributed by atoms with Crippen molar-refractivity contribution in [3.05, 3.63) is 57.0 Å². The molecule has 0 radical (unpaired) electrons. The van der Waals surface area contributed by atoms with Crippen molar-refractivity contribution in [3.63, 3.8) is 0 Å². The number of thiophene rings is 1. The number of nitrogens with one attached hydrogen (secondary N) is 1. The zero-order valence-electron chi connectivity index (χ0n) is 10.5. The molecule has 6 heteroatoms. The Morgan fingerprint density at radius 2 is 2.20 bits per heavy atom. The number of rotatable bonds is 6. The predicted molar refractivity (Wildman–Crippen MR) is 77.6 cm³/mol. The van der Waals surface area contributed by atoms with Crippen LogP contribution in [-0.2, 0) is 11.3 Å². The molecule has 0 aliphatic carbocycles. The number of halogens is 2. The van der Waals surface area contributed by atoms with Crippen LogP contribution in [0.5, 0.6) is 0 Å². The van der Waals surface area contributed by atoms with Gasteiger partial charge < -0.3 is 10.4 Å². The highest BCUT2D eigenvalue weighted by atomic mass is 35.5. The van der Waals surface area contributed by atoms with Gasteiger partial charge in [0.25, 0.3) is 0 Å². The van der Waals surface area contributed by atoms with Gasteiger partial charge in [0.05, 0.1) is 17.5 Å². The molecule has 106 valence electrons. The Balaban J connectivity index is 2.09. The number of aliphatic carboxylic acids is 1. The van der Waals surface area contributed by atoms with Gasteiger partial charge in [-0.05, 0) is 17.5 Å². The van der Waals surface area contributed by atoms with Crippen molar-refractivity contribution in [1.82, 2.24) is 5.32 Å². The average molecular weight is 314 g/mol. The van der Waals surface area contributed by atoms with Crippen molar-refractivity contribution >= 4 is 28.9 Å². The molecule has 0 spiro atoms. The van der Waals surface area contributed by atoms with E-state index in [1.807, 2.05) is 17.5 Å². The molecule has 1 aromatic carbocycles. The summed E-state index contributed by atoms with van der Waals surface area (Å²) in [4.78, 5) is 11.8. The van der Waals surface area contributed by atoms with Crippen LogP contribution in [-0.4, -0.2) is 11.1 Å². The van der Waals surface area contributed by atoms with Crippen molar-refractivity contribution in [2.24, 2.45) is 0 Å². The maximum Gasteiger partial charge on any atom is 0.305 e. The average Bonchev–Trinajstić information content (AvgIpc) is 2.92. The Labute approximate surface area is 125 Å². The zero-order valence-corrected chi connectivity index (χ0v) is 12.0. The summed E-state index contributed by atoms with van der Waals surface area (Å²) in [5.74, 6) is -1.37. The topological polar surface area (TPSA) is 49.3 Å². The van der Waals surface area contributed by atoms with Crippen LogP contribution in [0.15, 0.2) is 35.7 Å². The van der Waals surface area contributed by atoms with E-state index in [2.05, 4.69) is 5.32 Å². The fourth-order valence-electron chi connectivity index (χ4n) is 1.86. The standard InChI is InChI=1S/C14H13ClFNO2S/c15-10-4-1-3-9(14(10)16)8-17-11(7-13(18)19)12-5-2-6-20-12/h1-6,11,17H,7-8H2,(H,18,19). The largest absolute Gasteiger partial charge is 0.481 e. The second-order valence-corrected chi connectivity index (χ2v) is 5.65. The molecule has 0 fully saturated rings. The third-order valence-electron chi connectivity index (χ3n) is 2.84. The highest BCUT2D eigenvalue weighted by Gasteiger charge is 2.17. The number of hydrogen-bond donors (Lipinski definition) is 2. The molecular weight excluding hydrogens is 301 g/mol. The van der Waals surface area contributed by atoms with Gasteiger partial charge in [0.2, 0.25) is 0 Å². The number of carboxylic acid groups (broad SMARTS) is 1. The van der Waals surface area contributed by atoms with Crippen molar-refractivity contribution in [1.29, 1.82) is 0 Å². The van der Waals surface area contributed by atoms with E-state index in [0.29, 0.717) is 5.56 Å². The predicted octanol–water partition coefficient (Wildman–Crippen LogP) is 3.85. The fourth-order valence-corrected chi connectivity index (χ4v) is 2.85. The molecule has 1 heterocycles. The maximum atomic E-state index is 13.8. The van der Waals surface area contributed by atoms with Crippen LogP contribution in [0.3, 0.4) is 0 Å². The summed E-state index contributed by atoms with van der Waals surface area (Å²) in [6, 6.07) is 8.15. The first-order valence-corrected chi connectivity index (χ1v) is 7.25. The molecule has 0 bridgehead atoms. The first kappa shape index (κ1) is 15.0. The van der Waals surface area contributed by atoms with Gasteiger partial charge in [0, 0.05) is 17.0 Å². The van der Waals surface area contributed by atoms with Crippen LogP contribution in [0.2, 0.25) is 5.02 Å². The Morgan fingerprint density at radius 1 is 1.40 bits per heavy atom. The number of carboxylic acids is 1. The van der Waals surface area contributed by atoms with E-state index in [1.54, 1.807) is 12.1 Å². The summed E-state index contributed by atoms with van der Waals surface area (Å²) >= 11 is 7.19. The minimum absolute atomic E-state index is 0.0529. The Kier molecular flexibility index (Phi) is 5.11. The van der Waals surface area contributed by atoms with E-state index in [9.17, 15) is 9.18 Å². The monoisotopic (exact) mass is 313 g/mol. The van der Waals surface area contributed by atoms with E-state index >= 15 is 0 Å². The molecule has 0 aliphatic heterocycles. The van der Waals surface area contributed by atoms with Crippen LogP contribution < -0.4 is 5.32 Å². The van der Waals surface area contributed by atoms with Crippen LogP contribution >= 0.6 is 22.9 Å². The van der Waals surface area contributed by atoms with Gasteiger partial charge in [-0.15, -0.1) is 11.3 Å². The molecule has 2 aromatic rings. The number of carbonyl (C=O) groups is 1. The molecule has 0 amide bonds. The zero-order chi connectivity index (χ0) is 14.5.